The molecule has 1 heterocycles. The number of primary sulfonamides is 1. The van der Waals surface area contributed by atoms with Crippen LogP contribution in [0.3, 0.4) is 0 Å². The minimum atomic E-state index is -3.82. The van der Waals surface area contributed by atoms with Crippen molar-refractivity contribution in [3.63, 3.8) is 0 Å². The monoisotopic (exact) mass is 282 g/mol. The van der Waals surface area contributed by atoms with Crippen molar-refractivity contribution in [3.05, 3.63) is 0 Å². The van der Waals surface area contributed by atoms with Crippen molar-refractivity contribution >= 4 is 38.4 Å². The zero-order chi connectivity index (χ0) is 13.6. The summed E-state index contributed by atoms with van der Waals surface area (Å²) in [6.45, 7) is 2.36. The Morgan fingerprint density at radius 2 is 1.82 bits per heavy atom. The predicted octanol–water partition coefficient (Wildman–Crippen LogP) is -0.765. The van der Waals surface area contributed by atoms with E-state index in [-0.39, 0.29) is 15.4 Å². The molecule has 96 valence electrons. The molecule has 1 amide bonds. The molecule has 11 heteroatoms. The third-order valence-corrected chi connectivity index (χ3v) is 3.08. The molecule has 1 rings (SSSR count). The zero-order valence-electron chi connectivity index (χ0n) is 8.87. The predicted molar refractivity (Wildman–Crippen MR) is 58.9 cm³/mol. The van der Waals surface area contributed by atoms with Gasteiger partial charge in [0.1, 0.15) is 0 Å². The molecule has 0 spiro atoms. The minimum Gasteiger partial charge on any atom is -0.481 e. The van der Waals surface area contributed by atoms with Crippen LogP contribution in [0.25, 0.3) is 0 Å². The summed E-state index contributed by atoms with van der Waals surface area (Å²) in [5, 5.41) is 21.3. The van der Waals surface area contributed by atoms with Crippen LogP contribution in [0.2, 0.25) is 0 Å². The van der Waals surface area contributed by atoms with E-state index in [2.05, 4.69) is 15.5 Å². The highest BCUT2D eigenvalue weighted by Gasteiger charge is 2.15. The van der Waals surface area contributed by atoms with Gasteiger partial charge in [0.05, 0.1) is 0 Å². The number of carbonyl (C=O) groups excluding carboxylic acids is 1. The number of nitrogens with zero attached hydrogens (tertiary/aromatic N) is 2. The maximum atomic E-state index is 10.7. The number of aromatic nitrogens is 2. The molecule has 0 aliphatic heterocycles. The molecular formula is C6H10N4O5S2. The van der Waals surface area contributed by atoms with Gasteiger partial charge < -0.3 is 10.4 Å². The number of sulfonamides is 1. The van der Waals surface area contributed by atoms with Gasteiger partial charge in [0.25, 0.3) is 16.0 Å². The molecule has 4 N–H and O–H groups in total. The molecule has 0 saturated heterocycles. The van der Waals surface area contributed by atoms with Crippen LogP contribution in [-0.4, -0.2) is 35.6 Å². The summed E-state index contributed by atoms with van der Waals surface area (Å²) in [7, 11) is -3.82. The first-order valence-electron chi connectivity index (χ1n) is 3.96. The molecular weight excluding hydrogens is 272 g/mol. The summed E-state index contributed by atoms with van der Waals surface area (Å²) in [6, 6.07) is 0. The lowest BCUT2D eigenvalue weighted by Crippen LogP contribution is -2.11. The Morgan fingerprint density at radius 1 is 1.35 bits per heavy atom. The number of carbonyl (C=O) groups is 2. The molecule has 17 heavy (non-hydrogen) atoms. The van der Waals surface area contributed by atoms with Crippen molar-refractivity contribution in [1.29, 1.82) is 0 Å². The van der Waals surface area contributed by atoms with E-state index in [0.717, 1.165) is 6.92 Å². The molecule has 9 nitrogen and oxygen atoms in total. The summed E-state index contributed by atoms with van der Waals surface area (Å²) in [6.07, 6.45) is 0. The third-order valence-electron chi connectivity index (χ3n) is 0.933. The van der Waals surface area contributed by atoms with Crippen molar-refractivity contribution in [3.8, 4) is 0 Å². The van der Waals surface area contributed by atoms with Gasteiger partial charge in [-0.25, -0.2) is 13.6 Å². The summed E-state index contributed by atoms with van der Waals surface area (Å²) in [4.78, 5) is 19.5. The first-order chi connectivity index (χ1) is 7.62. The fourth-order valence-corrected chi connectivity index (χ4v) is 1.91. The largest absolute Gasteiger partial charge is 0.481 e. The number of nitrogens with one attached hydrogen (secondary N) is 1. The summed E-state index contributed by atoms with van der Waals surface area (Å²) < 4.78 is 21.1. The number of anilines is 1. The Hall–Kier alpha value is -1.59. The lowest BCUT2D eigenvalue weighted by atomic mass is 10.7. The Morgan fingerprint density at radius 3 is 2.12 bits per heavy atom. The number of rotatable bonds is 2. The molecule has 0 aliphatic carbocycles. The molecule has 0 fully saturated rings. The second kappa shape index (κ2) is 6.22. The lowest BCUT2D eigenvalue weighted by molar-refractivity contribution is -0.134. The van der Waals surface area contributed by atoms with Gasteiger partial charge in [-0.15, -0.1) is 10.2 Å². The Kier molecular flexibility index (Phi) is 5.64. The second-order valence-electron chi connectivity index (χ2n) is 2.62. The van der Waals surface area contributed by atoms with Crippen molar-refractivity contribution in [2.75, 3.05) is 5.32 Å². The van der Waals surface area contributed by atoms with Gasteiger partial charge in [0.2, 0.25) is 15.4 Å². The number of amides is 1. The van der Waals surface area contributed by atoms with E-state index < -0.39 is 16.0 Å². The molecule has 0 saturated carbocycles. The van der Waals surface area contributed by atoms with Crippen molar-refractivity contribution in [2.24, 2.45) is 5.14 Å². The van der Waals surface area contributed by atoms with Crippen molar-refractivity contribution in [2.45, 2.75) is 18.2 Å². The van der Waals surface area contributed by atoms with Crippen LogP contribution in [0.5, 0.6) is 0 Å². The highest BCUT2D eigenvalue weighted by atomic mass is 32.2. The van der Waals surface area contributed by atoms with E-state index in [1.54, 1.807) is 0 Å². The SMILES string of the molecule is CC(=O)Nc1nnc(S(N)(=O)=O)s1.CC(=O)O. The summed E-state index contributed by atoms with van der Waals surface area (Å²) in [5.41, 5.74) is 0. The molecule has 0 aliphatic rings. The van der Waals surface area contributed by atoms with E-state index in [9.17, 15) is 13.2 Å². The van der Waals surface area contributed by atoms with Crippen LogP contribution in [0.1, 0.15) is 13.8 Å². The number of hydrogen-bond acceptors (Lipinski definition) is 7. The van der Waals surface area contributed by atoms with Crippen LogP contribution < -0.4 is 10.5 Å². The van der Waals surface area contributed by atoms with Crippen LogP contribution in [0.15, 0.2) is 4.34 Å². The fourth-order valence-electron chi connectivity index (χ4n) is 0.526. The maximum Gasteiger partial charge on any atom is 0.300 e. The molecule has 0 atom stereocenters. The van der Waals surface area contributed by atoms with Crippen molar-refractivity contribution < 1.29 is 23.1 Å². The first kappa shape index (κ1) is 15.4. The van der Waals surface area contributed by atoms with Crippen LogP contribution >= 0.6 is 11.3 Å². The second-order valence-corrected chi connectivity index (χ2v) is 5.33. The van der Waals surface area contributed by atoms with Crippen molar-refractivity contribution in [1.82, 2.24) is 10.2 Å². The maximum absolute atomic E-state index is 10.7. The fraction of sp³-hybridized carbons (Fsp3) is 0.333. The quantitative estimate of drug-likeness (QED) is 0.602. The number of carboxylic acid groups (broad SMARTS) is 1. The van der Waals surface area contributed by atoms with Gasteiger partial charge in [0, 0.05) is 13.8 Å². The van der Waals surface area contributed by atoms with Gasteiger partial charge in [-0.3, -0.25) is 9.59 Å². The molecule has 1 aromatic rings. The Labute approximate surface area is 101 Å². The average molecular weight is 282 g/mol. The number of carboxylic acids is 1. The minimum absolute atomic E-state index is 0.108. The molecule has 0 aromatic carbocycles. The van der Waals surface area contributed by atoms with E-state index in [0.29, 0.717) is 11.3 Å². The Bertz CT molecular complexity index is 504. The van der Waals surface area contributed by atoms with Gasteiger partial charge >= 0.3 is 0 Å². The van der Waals surface area contributed by atoms with E-state index in [1.807, 2.05) is 0 Å². The highest BCUT2D eigenvalue weighted by molar-refractivity contribution is 7.91. The average Bonchev–Trinajstić information content (AvgIpc) is 2.48. The first-order valence-corrected chi connectivity index (χ1v) is 6.32. The lowest BCUT2D eigenvalue weighted by Gasteiger charge is -1.90. The Balaban J connectivity index is 0.000000557. The van der Waals surface area contributed by atoms with Gasteiger partial charge in [-0.05, 0) is 0 Å². The number of nitrogens with two attached hydrogens (primary N) is 1. The molecule has 0 radical (unpaired) electrons. The third kappa shape index (κ3) is 7.32. The van der Waals surface area contributed by atoms with Gasteiger partial charge in [0.15, 0.2) is 0 Å². The highest BCUT2D eigenvalue weighted by Crippen LogP contribution is 2.17. The normalized spacial score (nSPS) is 10.1. The van der Waals surface area contributed by atoms with Crippen LogP contribution in [0.4, 0.5) is 5.13 Å². The van der Waals surface area contributed by atoms with Crippen LogP contribution in [0, 0.1) is 0 Å². The summed E-state index contributed by atoms with van der Waals surface area (Å²) >= 11 is 0.701. The molecule has 0 bridgehead atoms. The van der Waals surface area contributed by atoms with E-state index in [4.69, 9.17) is 15.0 Å². The van der Waals surface area contributed by atoms with E-state index >= 15 is 0 Å². The van der Waals surface area contributed by atoms with Gasteiger partial charge in [-0.2, -0.15) is 0 Å². The smallest absolute Gasteiger partial charge is 0.300 e. The topological polar surface area (TPSA) is 152 Å². The molecule has 1 aromatic heterocycles. The van der Waals surface area contributed by atoms with E-state index in [1.165, 1.54) is 6.92 Å². The zero-order valence-corrected chi connectivity index (χ0v) is 10.5. The van der Waals surface area contributed by atoms with Gasteiger partial charge in [-0.1, -0.05) is 11.3 Å². The number of aliphatic carboxylic acids is 1. The molecule has 0 unspecified atom stereocenters. The number of hydrogen-bond donors (Lipinski definition) is 3. The van der Waals surface area contributed by atoms with Crippen LogP contribution in [-0.2, 0) is 19.6 Å². The standard InChI is InChI=1S/C4H6N4O3S2.C2H4O2/c1-2(9)6-3-7-8-4(12-3)13(5,10)11;1-2(3)4/h1H3,(H2,5,10,11)(H,6,7,9);1H3,(H,3,4). The summed E-state index contributed by atoms with van der Waals surface area (Å²) in [5.74, 6) is -1.18.